The third kappa shape index (κ3) is 3.88. The van der Waals surface area contributed by atoms with Crippen molar-refractivity contribution in [3.8, 4) is 5.75 Å². The van der Waals surface area contributed by atoms with E-state index in [1.54, 1.807) is 23.9 Å². The quantitative estimate of drug-likeness (QED) is 0.865. The van der Waals surface area contributed by atoms with Crippen molar-refractivity contribution in [2.24, 2.45) is 7.05 Å². The normalized spacial score (nSPS) is 15.2. The van der Waals surface area contributed by atoms with Crippen molar-refractivity contribution in [2.75, 3.05) is 25.0 Å². The molecule has 1 aromatic carbocycles. The van der Waals surface area contributed by atoms with Crippen LogP contribution in [0.4, 0.5) is 10.3 Å². The smallest absolute Gasteiger partial charge is 0.264 e. The Balaban J connectivity index is 1.58. The second kappa shape index (κ2) is 7.39. The minimum atomic E-state index is -0.503. The number of carbonyl (C=O) groups is 1. The summed E-state index contributed by atoms with van der Waals surface area (Å²) in [5, 5.41) is 10.3. The zero-order chi connectivity index (χ0) is 16.9. The molecule has 128 valence electrons. The largest absolute Gasteiger partial charge is 0.481 e. The van der Waals surface area contributed by atoms with Gasteiger partial charge in [-0.2, -0.15) is 10.1 Å². The summed E-state index contributed by atoms with van der Waals surface area (Å²) < 4.78 is 20.2. The van der Waals surface area contributed by atoms with Gasteiger partial charge in [-0.15, -0.1) is 0 Å². The molecule has 0 radical (unpaired) electrons. The van der Waals surface area contributed by atoms with Crippen molar-refractivity contribution in [1.82, 2.24) is 20.1 Å². The molecule has 24 heavy (non-hydrogen) atoms. The number of anilines is 1. The SMILES string of the molecule is Cn1nc(C2CCNCC2)nc1NC(=O)COc1ccccc1F. The lowest BCUT2D eigenvalue weighted by molar-refractivity contribution is -0.118. The van der Waals surface area contributed by atoms with Crippen molar-refractivity contribution in [3.05, 3.63) is 35.9 Å². The molecule has 8 heteroatoms. The van der Waals surface area contributed by atoms with Gasteiger partial charge in [-0.25, -0.2) is 9.07 Å². The molecule has 0 atom stereocenters. The topological polar surface area (TPSA) is 81.1 Å². The highest BCUT2D eigenvalue weighted by Crippen LogP contribution is 2.23. The van der Waals surface area contributed by atoms with Gasteiger partial charge >= 0.3 is 0 Å². The second-order valence-corrected chi connectivity index (χ2v) is 5.71. The van der Waals surface area contributed by atoms with Crippen LogP contribution in [0.2, 0.25) is 0 Å². The van der Waals surface area contributed by atoms with E-state index in [0.717, 1.165) is 31.8 Å². The minimum Gasteiger partial charge on any atom is -0.481 e. The Bertz CT molecular complexity index is 712. The van der Waals surface area contributed by atoms with Crippen molar-refractivity contribution in [1.29, 1.82) is 0 Å². The predicted octanol–water partition coefficient (Wildman–Crippen LogP) is 1.44. The fraction of sp³-hybridized carbons (Fsp3) is 0.438. The average Bonchev–Trinajstić information content (AvgIpc) is 2.96. The van der Waals surface area contributed by atoms with E-state index in [0.29, 0.717) is 11.9 Å². The standard InChI is InChI=1S/C16H20FN5O2/c1-22-16(20-15(21-22)11-6-8-18-9-7-11)19-14(23)10-24-13-5-3-2-4-12(13)17/h2-5,11,18H,6-10H2,1H3,(H,19,20,21,23). The summed E-state index contributed by atoms with van der Waals surface area (Å²) in [4.78, 5) is 16.4. The van der Waals surface area contributed by atoms with Crippen molar-refractivity contribution in [3.63, 3.8) is 0 Å². The van der Waals surface area contributed by atoms with Crippen LogP contribution in [-0.4, -0.2) is 40.4 Å². The lowest BCUT2D eigenvalue weighted by Gasteiger charge is -2.19. The maximum Gasteiger partial charge on any atom is 0.264 e. The number of hydrogen-bond acceptors (Lipinski definition) is 5. The molecule has 0 unspecified atom stereocenters. The van der Waals surface area contributed by atoms with Crippen LogP contribution in [0.25, 0.3) is 0 Å². The number of piperidine rings is 1. The summed E-state index contributed by atoms with van der Waals surface area (Å²) in [6, 6.07) is 5.95. The lowest BCUT2D eigenvalue weighted by Crippen LogP contribution is -2.27. The first-order valence-corrected chi connectivity index (χ1v) is 7.92. The summed E-state index contributed by atoms with van der Waals surface area (Å²) >= 11 is 0. The Kier molecular flexibility index (Phi) is 5.05. The molecule has 0 saturated carbocycles. The number of amides is 1. The van der Waals surface area contributed by atoms with E-state index in [1.807, 2.05) is 0 Å². The molecule has 1 amide bonds. The van der Waals surface area contributed by atoms with E-state index in [4.69, 9.17) is 4.74 Å². The van der Waals surface area contributed by atoms with Crippen LogP contribution < -0.4 is 15.4 Å². The molecule has 7 nitrogen and oxygen atoms in total. The van der Waals surface area contributed by atoms with E-state index in [1.165, 1.54) is 12.1 Å². The van der Waals surface area contributed by atoms with Crippen LogP contribution in [0.15, 0.2) is 24.3 Å². The molecular weight excluding hydrogens is 313 g/mol. The number of halogens is 1. The zero-order valence-corrected chi connectivity index (χ0v) is 13.5. The highest BCUT2D eigenvalue weighted by Gasteiger charge is 2.21. The molecule has 1 aliphatic heterocycles. The van der Waals surface area contributed by atoms with Gasteiger partial charge in [-0.05, 0) is 38.1 Å². The monoisotopic (exact) mass is 333 g/mol. The number of aromatic nitrogens is 3. The molecule has 2 N–H and O–H groups in total. The van der Waals surface area contributed by atoms with Crippen molar-refractivity contribution in [2.45, 2.75) is 18.8 Å². The number of nitrogens with one attached hydrogen (secondary N) is 2. The molecule has 3 rings (SSSR count). The van der Waals surface area contributed by atoms with E-state index >= 15 is 0 Å². The van der Waals surface area contributed by atoms with Gasteiger partial charge in [0.2, 0.25) is 5.95 Å². The highest BCUT2D eigenvalue weighted by atomic mass is 19.1. The molecule has 0 bridgehead atoms. The Morgan fingerprint density at radius 1 is 1.42 bits per heavy atom. The molecule has 1 fully saturated rings. The van der Waals surface area contributed by atoms with Gasteiger partial charge in [0.15, 0.2) is 24.0 Å². The summed E-state index contributed by atoms with van der Waals surface area (Å²) in [5.41, 5.74) is 0. The predicted molar refractivity (Wildman–Crippen MR) is 86.4 cm³/mol. The summed E-state index contributed by atoms with van der Waals surface area (Å²) in [7, 11) is 1.73. The molecule has 1 aromatic heterocycles. The summed E-state index contributed by atoms with van der Waals surface area (Å²) in [5.74, 6) is 0.538. The van der Waals surface area contributed by atoms with Crippen LogP contribution in [0.3, 0.4) is 0 Å². The van der Waals surface area contributed by atoms with Gasteiger partial charge in [0, 0.05) is 13.0 Å². The third-order valence-electron chi connectivity index (χ3n) is 3.93. The van der Waals surface area contributed by atoms with Gasteiger partial charge in [-0.3, -0.25) is 10.1 Å². The Morgan fingerprint density at radius 3 is 2.92 bits per heavy atom. The number of para-hydroxylation sites is 1. The number of hydrogen-bond donors (Lipinski definition) is 2. The molecule has 1 aliphatic rings. The summed E-state index contributed by atoms with van der Waals surface area (Å²) in [6.07, 6.45) is 1.96. The molecule has 0 aliphatic carbocycles. The second-order valence-electron chi connectivity index (χ2n) is 5.71. The van der Waals surface area contributed by atoms with Crippen LogP contribution in [-0.2, 0) is 11.8 Å². The van der Waals surface area contributed by atoms with Gasteiger partial charge in [0.05, 0.1) is 0 Å². The lowest BCUT2D eigenvalue weighted by atomic mass is 9.98. The van der Waals surface area contributed by atoms with Crippen LogP contribution in [0.5, 0.6) is 5.75 Å². The van der Waals surface area contributed by atoms with E-state index in [2.05, 4.69) is 20.7 Å². The third-order valence-corrected chi connectivity index (χ3v) is 3.93. The van der Waals surface area contributed by atoms with Crippen molar-refractivity contribution >= 4 is 11.9 Å². The fourth-order valence-corrected chi connectivity index (χ4v) is 2.63. The molecule has 0 spiro atoms. The molecule has 2 heterocycles. The Labute approximate surface area is 139 Å². The molecule has 1 saturated heterocycles. The molecular formula is C16H20FN5O2. The number of benzene rings is 1. The maximum atomic E-state index is 13.5. The number of nitrogens with zero attached hydrogens (tertiary/aromatic N) is 3. The van der Waals surface area contributed by atoms with Gasteiger partial charge < -0.3 is 10.1 Å². The fourth-order valence-electron chi connectivity index (χ4n) is 2.63. The Hall–Kier alpha value is -2.48. The number of carbonyl (C=O) groups excluding carboxylic acids is 1. The highest BCUT2D eigenvalue weighted by molar-refractivity contribution is 5.90. The van der Waals surface area contributed by atoms with Crippen LogP contribution >= 0.6 is 0 Å². The minimum absolute atomic E-state index is 0.0426. The van der Waals surface area contributed by atoms with E-state index in [-0.39, 0.29) is 12.4 Å². The van der Waals surface area contributed by atoms with Gasteiger partial charge in [0.1, 0.15) is 0 Å². The maximum absolute atomic E-state index is 13.5. The van der Waals surface area contributed by atoms with Gasteiger partial charge in [0.25, 0.3) is 5.91 Å². The van der Waals surface area contributed by atoms with Gasteiger partial charge in [-0.1, -0.05) is 12.1 Å². The molecule has 2 aromatic rings. The van der Waals surface area contributed by atoms with Crippen LogP contribution in [0.1, 0.15) is 24.6 Å². The summed E-state index contributed by atoms with van der Waals surface area (Å²) in [6.45, 7) is 1.60. The number of ether oxygens (including phenoxy) is 1. The zero-order valence-electron chi connectivity index (χ0n) is 13.5. The van der Waals surface area contributed by atoms with E-state index < -0.39 is 11.7 Å². The van der Waals surface area contributed by atoms with Crippen molar-refractivity contribution < 1.29 is 13.9 Å². The Morgan fingerprint density at radius 2 is 2.17 bits per heavy atom. The average molecular weight is 333 g/mol. The van der Waals surface area contributed by atoms with Crippen LogP contribution in [0, 0.1) is 5.82 Å². The first kappa shape index (κ1) is 16.4. The first-order valence-electron chi connectivity index (χ1n) is 7.92. The number of rotatable bonds is 5. The first-order chi connectivity index (χ1) is 11.6. The van der Waals surface area contributed by atoms with E-state index in [9.17, 15) is 9.18 Å². The number of aryl methyl sites for hydroxylation is 1.